The number of hydrogen-bond acceptors (Lipinski definition) is 2. The molecule has 0 rings (SSSR count). The van der Waals surface area contributed by atoms with E-state index in [1.807, 2.05) is 0 Å². The van der Waals surface area contributed by atoms with Crippen LogP contribution in [0.15, 0.2) is 0 Å². The van der Waals surface area contributed by atoms with E-state index in [9.17, 15) is 4.79 Å². The topological polar surface area (TPSA) is 46.5 Å². The van der Waals surface area contributed by atoms with Crippen LogP contribution < -0.4 is 0 Å². The molecule has 1 N–H and O–H groups in total. The van der Waals surface area contributed by atoms with E-state index in [2.05, 4.69) is 4.74 Å². The largest absolute Gasteiger partial charge is 0.507 e. The van der Waals surface area contributed by atoms with Gasteiger partial charge in [-0.2, -0.15) is 0 Å². The molecular formula is C5H9ClO3. The highest BCUT2D eigenvalue weighted by Gasteiger charge is 2.22. The highest BCUT2D eigenvalue weighted by Crippen LogP contribution is 2.19. The minimum Gasteiger partial charge on any atom is -0.450 e. The Kier molecular flexibility index (Phi) is 2.77. The number of carboxylic acid groups (broad SMARTS) is 1. The van der Waals surface area contributed by atoms with E-state index in [1.165, 1.54) is 6.92 Å². The van der Waals surface area contributed by atoms with Crippen LogP contribution in [0.3, 0.4) is 0 Å². The van der Waals surface area contributed by atoms with Gasteiger partial charge in [0.2, 0.25) is 0 Å². The fourth-order valence-corrected chi connectivity index (χ4v) is 0.320. The standard InChI is InChI=1S/C5H9ClO3/c1-3-5(2,6)9-4(7)8/h3H2,1-2H3,(H,7,8). The first kappa shape index (κ1) is 8.56. The Morgan fingerprint density at radius 3 is 2.44 bits per heavy atom. The summed E-state index contributed by atoms with van der Waals surface area (Å²) in [6.45, 7) is 3.25. The summed E-state index contributed by atoms with van der Waals surface area (Å²) in [6.07, 6.45) is -0.879. The van der Waals surface area contributed by atoms with Crippen LogP contribution in [0.4, 0.5) is 4.79 Å². The molecule has 0 aromatic rings. The lowest BCUT2D eigenvalue weighted by Crippen LogP contribution is -2.22. The summed E-state index contributed by atoms with van der Waals surface area (Å²) in [5.74, 6) is 0. The van der Waals surface area contributed by atoms with Crippen LogP contribution in [0, 0.1) is 0 Å². The minimum atomic E-state index is -1.34. The Labute approximate surface area is 58.6 Å². The van der Waals surface area contributed by atoms with E-state index in [0.29, 0.717) is 6.42 Å². The smallest absolute Gasteiger partial charge is 0.450 e. The first-order valence-corrected chi connectivity index (χ1v) is 2.96. The summed E-state index contributed by atoms with van der Waals surface area (Å²) in [4.78, 5) is 9.87. The van der Waals surface area contributed by atoms with Gasteiger partial charge in [0.1, 0.15) is 0 Å². The van der Waals surface area contributed by atoms with Crippen LogP contribution in [0.25, 0.3) is 0 Å². The van der Waals surface area contributed by atoms with Gasteiger partial charge in [-0.05, 0) is 13.3 Å². The van der Waals surface area contributed by atoms with Crippen LogP contribution in [-0.4, -0.2) is 16.3 Å². The molecule has 0 aromatic carbocycles. The normalized spacial score (nSPS) is 16.3. The number of carbonyl (C=O) groups is 1. The average molecular weight is 153 g/mol. The molecule has 54 valence electrons. The molecule has 0 amide bonds. The van der Waals surface area contributed by atoms with E-state index in [-0.39, 0.29) is 0 Å². The Bertz CT molecular complexity index is 111. The molecule has 0 saturated carbocycles. The maximum Gasteiger partial charge on any atom is 0.507 e. The molecule has 0 bridgehead atoms. The Morgan fingerprint density at radius 1 is 1.89 bits per heavy atom. The van der Waals surface area contributed by atoms with Crippen molar-refractivity contribution < 1.29 is 14.6 Å². The molecule has 0 aliphatic heterocycles. The third-order valence-corrected chi connectivity index (χ3v) is 1.28. The molecule has 0 radical (unpaired) electrons. The maximum absolute atomic E-state index is 9.87. The molecule has 0 saturated heterocycles. The molecule has 1 unspecified atom stereocenters. The Balaban J connectivity index is 3.71. The van der Waals surface area contributed by atoms with Crippen molar-refractivity contribution in [3.63, 3.8) is 0 Å². The molecule has 1 atom stereocenters. The number of halogens is 1. The lowest BCUT2D eigenvalue weighted by Gasteiger charge is -2.17. The van der Waals surface area contributed by atoms with Gasteiger partial charge in [-0.15, -0.1) is 0 Å². The summed E-state index contributed by atoms with van der Waals surface area (Å²) in [5.41, 5.74) is 0. The van der Waals surface area contributed by atoms with Crippen LogP contribution in [0.5, 0.6) is 0 Å². The SMILES string of the molecule is CCC(C)(Cl)OC(=O)O. The fraction of sp³-hybridized carbons (Fsp3) is 0.800. The van der Waals surface area contributed by atoms with Gasteiger partial charge in [0, 0.05) is 0 Å². The quantitative estimate of drug-likeness (QED) is 0.487. The summed E-state index contributed by atoms with van der Waals surface area (Å²) in [7, 11) is 0. The highest BCUT2D eigenvalue weighted by atomic mass is 35.5. The maximum atomic E-state index is 9.87. The predicted molar refractivity (Wildman–Crippen MR) is 33.7 cm³/mol. The molecule has 4 heteroatoms. The summed E-state index contributed by atoms with van der Waals surface area (Å²) >= 11 is 5.51. The van der Waals surface area contributed by atoms with Crippen molar-refractivity contribution in [1.29, 1.82) is 0 Å². The average Bonchev–Trinajstić information content (AvgIpc) is 1.63. The number of rotatable bonds is 2. The van der Waals surface area contributed by atoms with Crippen molar-refractivity contribution in [2.75, 3.05) is 0 Å². The first-order chi connectivity index (χ1) is 3.98. The monoisotopic (exact) mass is 152 g/mol. The van der Waals surface area contributed by atoms with Gasteiger partial charge in [0.25, 0.3) is 0 Å². The molecule has 0 heterocycles. The van der Waals surface area contributed by atoms with E-state index >= 15 is 0 Å². The van der Waals surface area contributed by atoms with Gasteiger partial charge in [-0.1, -0.05) is 18.5 Å². The van der Waals surface area contributed by atoms with Crippen molar-refractivity contribution >= 4 is 17.8 Å². The van der Waals surface area contributed by atoms with Crippen LogP contribution in [-0.2, 0) is 4.74 Å². The Morgan fingerprint density at radius 2 is 2.33 bits per heavy atom. The second-order valence-electron chi connectivity index (χ2n) is 1.82. The van der Waals surface area contributed by atoms with Gasteiger partial charge in [-0.25, -0.2) is 4.79 Å². The van der Waals surface area contributed by atoms with Crippen molar-refractivity contribution in [2.45, 2.75) is 25.3 Å². The van der Waals surface area contributed by atoms with Crippen molar-refractivity contribution in [3.05, 3.63) is 0 Å². The zero-order valence-corrected chi connectivity index (χ0v) is 6.10. The number of hydrogen-bond donors (Lipinski definition) is 1. The highest BCUT2D eigenvalue weighted by molar-refractivity contribution is 6.23. The zero-order valence-electron chi connectivity index (χ0n) is 5.35. The summed E-state index contributed by atoms with van der Waals surface area (Å²) in [6, 6.07) is 0. The third-order valence-electron chi connectivity index (χ3n) is 0.932. The van der Waals surface area contributed by atoms with Gasteiger partial charge in [0.05, 0.1) is 0 Å². The molecular weight excluding hydrogens is 144 g/mol. The van der Waals surface area contributed by atoms with Crippen molar-refractivity contribution in [1.82, 2.24) is 0 Å². The second kappa shape index (κ2) is 2.92. The molecule has 0 aliphatic carbocycles. The number of alkyl halides is 1. The summed E-state index contributed by atoms with van der Waals surface area (Å²) in [5, 5.41) is 7.01. The lowest BCUT2D eigenvalue weighted by molar-refractivity contribution is 0.0374. The van der Waals surface area contributed by atoms with Gasteiger partial charge in [-0.3, -0.25) is 0 Å². The van der Waals surface area contributed by atoms with E-state index in [4.69, 9.17) is 16.7 Å². The summed E-state index contributed by atoms with van der Waals surface area (Å²) < 4.78 is 4.27. The molecule has 3 nitrogen and oxygen atoms in total. The van der Waals surface area contributed by atoms with Crippen LogP contribution in [0.2, 0.25) is 0 Å². The lowest BCUT2D eigenvalue weighted by atomic mass is 10.3. The van der Waals surface area contributed by atoms with Crippen LogP contribution >= 0.6 is 11.6 Å². The van der Waals surface area contributed by atoms with E-state index in [1.54, 1.807) is 6.92 Å². The fourth-order valence-electron chi connectivity index (χ4n) is 0.254. The van der Waals surface area contributed by atoms with E-state index in [0.717, 1.165) is 0 Å². The molecule has 9 heavy (non-hydrogen) atoms. The third kappa shape index (κ3) is 4.09. The van der Waals surface area contributed by atoms with Gasteiger partial charge >= 0.3 is 6.16 Å². The van der Waals surface area contributed by atoms with Gasteiger partial charge < -0.3 is 9.84 Å². The number of ether oxygens (including phenoxy) is 1. The van der Waals surface area contributed by atoms with Crippen molar-refractivity contribution in [3.8, 4) is 0 Å². The molecule has 0 aliphatic rings. The zero-order chi connectivity index (χ0) is 7.49. The van der Waals surface area contributed by atoms with E-state index < -0.39 is 11.2 Å². The van der Waals surface area contributed by atoms with Crippen molar-refractivity contribution in [2.24, 2.45) is 0 Å². The minimum absolute atomic E-state index is 0.459. The molecule has 0 aromatic heterocycles. The molecule has 0 fully saturated rings. The Hall–Kier alpha value is -0.440. The first-order valence-electron chi connectivity index (χ1n) is 2.59. The molecule has 0 spiro atoms. The second-order valence-corrected chi connectivity index (χ2v) is 2.62. The predicted octanol–water partition coefficient (Wildman–Crippen LogP) is 2.05. The van der Waals surface area contributed by atoms with Gasteiger partial charge in [0.15, 0.2) is 5.06 Å². The van der Waals surface area contributed by atoms with Crippen LogP contribution in [0.1, 0.15) is 20.3 Å².